The quantitative estimate of drug-likeness (QED) is 0.892. The largest absolute Gasteiger partial charge is 0.395 e. The van der Waals surface area contributed by atoms with Gasteiger partial charge in [-0.05, 0) is 24.1 Å². The van der Waals surface area contributed by atoms with Crippen molar-refractivity contribution in [1.82, 2.24) is 9.80 Å². The van der Waals surface area contributed by atoms with Crippen molar-refractivity contribution in [2.45, 2.75) is 25.8 Å². The Morgan fingerprint density at radius 3 is 2.32 bits per heavy atom. The molecule has 122 valence electrons. The second-order valence-electron chi connectivity index (χ2n) is 5.54. The lowest BCUT2D eigenvalue weighted by Gasteiger charge is -2.38. The Labute approximate surface area is 141 Å². The zero-order valence-electron chi connectivity index (χ0n) is 12.8. The lowest BCUT2D eigenvalue weighted by Crippen LogP contribution is -2.53. The van der Waals surface area contributed by atoms with E-state index in [0.717, 1.165) is 19.5 Å². The van der Waals surface area contributed by atoms with E-state index in [1.54, 1.807) is 18.2 Å². The summed E-state index contributed by atoms with van der Waals surface area (Å²) in [6, 6.07) is 5.47. The highest BCUT2D eigenvalue weighted by atomic mass is 35.5. The number of hydrogen-bond donors (Lipinski definition) is 1. The molecule has 1 N–H and O–H groups in total. The van der Waals surface area contributed by atoms with E-state index in [9.17, 15) is 9.90 Å². The van der Waals surface area contributed by atoms with Crippen LogP contribution in [0.3, 0.4) is 0 Å². The number of rotatable bonds is 5. The molecule has 0 aliphatic carbocycles. The number of carbonyl (C=O) groups is 1. The zero-order chi connectivity index (χ0) is 16.1. The standard InChI is InChI=1S/C16H22Cl2N2O2/c1-2-12(11-21)19-6-8-20(9-7-19)16(22)10-13-14(17)4-3-5-15(13)18/h3-5,12,21H,2,6-11H2,1H3. The molecule has 1 atom stereocenters. The second kappa shape index (κ2) is 8.16. The molecule has 4 nitrogen and oxygen atoms in total. The second-order valence-corrected chi connectivity index (χ2v) is 6.35. The molecule has 1 saturated heterocycles. The number of aliphatic hydroxyl groups is 1. The summed E-state index contributed by atoms with van der Waals surface area (Å²) < 4.78 is 0. The van der Waals surface area contributed by atoms with E-state index >= 15 is 0 Å². The Bertz CT molecular complexity index is 493. The van der Waals surface area contributed by atoms with Crippen LogP contribution in [0.2, 0.25) is 10.0 Å². The molecular formula is C16H22Cl2N2O2. The fourth-order valence-corrected chi connectivity index (χ4v) is 3.33. The molecule has 0 bridgehead atoms. The molecule has 22 heavy (non-hydrogen) atoms. The van der Waals surface area contributed by atoms with E-state index in [2.05, 4.69) is 11.8 Å². The highest BCUT2D eigenvalue weighted by molar-refractivity contribution is 6.36. The van der Waals surface area contributed by atoms with Crippen molar-refractivity contribution in [3.05, 3.63) is 33.8 Å². The van der Waals surface area contributed by atoms with Gasteiger partial charge in [0, 0.05) is 42.3 Å². The van der Waals surface area contributed by atoms with Gasteiger partial charge >= 0.3 is 0 Å². The molecule has 1 aliphatic rings. The van der Waals surface area contributed by atoms with Gasteiger partial charge in [0.1, 0.15) is 0 Å². The Balaban J connectivity index is 1.93. The van der Waals surface area contributed by atoms with Crippen molar-refractivity contribution in [3.8, 4) is 0 Å². The minimum Gasteiger partial charge on any atom is -0.395 e. The van der Waals surface area contributed by atoms with Crippen molar-refractivity contribution < 1.29 is 9.90 Å². The van der Waals surface area contributed by atoms with Gasteiger partial charge in [-0.2, -0.15) is 0 Å². The number of nitrogens with zero attached hydrogens (tertiary/aromatic N) is 2. The highest BCUT2D eigenvalue weighted by Gasteiger charge is 2.25. The third kappa shape index (κ3) is 4.13. The summed E-state index contributed by atoms with van der Waals surface area (Å²) in [5.41, 5.74) is 0.694. The van der Waals surface area contributed by atoms with Gasteiger partial charge in [0.25, 0.3) is 0 Å². The van der Waals surface area contributed by atoms with Crippen LogP contribution in [-0.2, 0) is 11.2 Å². The first-order valence-corrected chi connectivity index (χ1v) is 8.38. The van der Waals surface area contributed by atoms with Gasteiger partial charge in [-0.1, -0.05) is 36.2 Å². The van der Waals surface area contributed by atoms with Crippen LogP contribution in [0, 0.1) is 0 Å². The van der Waals surface area contributed by atoms with E-state index in [4.69, 9.17) is 23.2 Å². The summed E-state index contributed by atoms with van der Waals surface area (Å²) in [5.74, 6) is 0.0479. The van der Waals surface area contributed by atoms with Crippen LogP contribution in [0.5, 0.6) is 0 Å². The SMILES string of the molecule is CCC(CO)N1CCN(C(=O)Cc2c(Cl)cccc2Cl)CC1. The van der Waals surface area contributed by atoms with Gasteiger partial charge in [0.15, 0.2) is 0 Å². The highest BCUT2D eigenvalue weighted by Crippen LogP contribution is 2.25. The summed E-state index contributed by atoms with van der Waals surface area (Å²) in [5, 5.41) is 10.4. The van der Waals surface area contributed by atoms with E-state index in [0.29, 0.717) is 28.7 Å². The molecule has 1 aromatic rings. The van der Waals surface area contributed by atoms with Crippen LogP contribution in [-0.4, -0.2) is 59.6 Å². The van der Waals surface area contributed by atoms with E-state index < -0.39 is 0 Å². The first-order chi connectivity index (χ1) is 10.6. The van der Waals surface area contributed by atoms with Crippen LogP contribution in [0.1, 0.15) is 18.9 Å². The molecule has 0 aromatic heterocycles. The van der Waals surface area contributed by atoms with Crippen molar-refractivity contribution in [3.63, 3.8) is 0 Å². The molecule has 1 aromatic carbocycles. The lowest BCUT2D eigenvalue weighted by molar-refractivity contribution is -0.132. The summed E-state index contributed by atoms with van der Waals surface area (Å²) in [6.45, 7) is 5.18. The Kier molecular flexibility index (Phi) is 6.50. The number of carbonyl (C=O) groups excluding carboxylic acids is 1. The summed E-state index contributed by atoms with van der Waals surface area (Å²) >= 11 is 12.2. The number of benzene rings is 1. The monoisotopic (exact) mass is 344 g/mol. The maximum Gasteiger partial charge on any atom is 0.227 e. The zero-order valence-corrected chi connectivity index (χ0v) is 14.3. The molecule has 1 heterocycles. The van der Waals surface area contributed by atoms with Crippen LogP contribution >= 0.6 is 23.2 Å². The fraction of sp³-hybridized carbons (Fsp3) is 0.562. The Morgan fingerprint density at radius 2 is 1.82 bits per heavy atom. The third-order valence-corrected chi connectivity index (χ3v) is 4.96. The van der Waals surface area contributed by atoms with Crippen LogP contribution in [0.25, 0.3) is 0 Å². The molecule has 0 spiro atoms. The van der Waals surface area contributed by atoms with Crippen LogP contribution < -0.4 is 0 Å². The van der Waals surface area contributed by atoms with Gasteiger partial charge in [0.2, 0.25) is 5.91 Å². The average molecular weight is 345 g/mol. The summed E-state index contributed by atoms with van der Waals surface area (Å²) in [4.78, 5) is 16.5. The van der Waals surface area contributed by atoms with Gasteiger partial charge in [0.05, 0.1) is 13.0 Å². The topological polar surface area (TPSA) is 43.8 Å². The summed E-state index contributed by atoms with van der Waals surface area (Å²) in [6.07, 6.45) is 1.15. The number of halogens is 2. The predicted molar refractivity (Wildman–Crippen MR) is 89.5 cm³/mol. The first-order valence-electron chi connectivity index (χ1n) is 7.62. The molecule has 2 rings (SSSR count). The van der Waals surface area contributed by atoms with Crippen molar-refractivity contribution >= 4 is 29.1 Å². The summed E-state index contributed by atoms with van der Waals surface area (Å²) in [7, 11) is 0. The molecule has 1 amide bonds. The predicted octanol–water partition coefficient (Wildman–Crippen LogP) is 2.45. The molecule has 6 heteroatoms. The number of aliphatic hydroxyl groups excluding tert-OH is 1. The van der Waals surface area contributed by atoms with E-state index in [1.807, 2.05) is 4.90 Å². The van der Waals surface area contributed by atoms with Gasteiger partial charge in [-0.15, -0.1) is 0 Å². The Hall–Kier alpha value is -0.810. The van der Waals surface area contributed by atoms with Crippen LogP contribution in [0.4, 0.5) is 0 Å². The van der Waals surface area contributed by atoms with Crippen molar-refractivity contribution in [2.24, 2.45) is 0 Å². The number of hydrogen-bond acceptors (Lipinski definition) is 3. The fourth-order valence-electron chi connectivity index (χ4n) is 2.80. The molecule has 1 aliphatic heterocycles. The minimum atomic E-state index is 0.0479. The molecule has 0 radical (unpaired) electrons. The van der Waals surface area contributed by atoms with Crippen molar-refractivity contribution in [2.75, 3.05) is 32.8 Å². The van der Waals surface area contributed by atoms with Crippen LogP contribution in [0.15, 0.2) is 18.2 Å². The first kappa shape index (κ1) is 17.5. The third-order valence-electron chi connectivity index (χ3n) is 4.26. The van der Waals surface area contributed by atoms with Gasteiger partial charge < -0.3 is 10.0 Å². The molecule has 0 saturated carbocycles. The minimum absolute atomic E-state index is 0.0479. The molecular weight excluding hydrogens is 323 g/mol. The van der Waals surface area contributed by atoms with Gasteiger partial charge in [-0.3, -0.25) is 9.69 Å². The van der Waals surface area contributed by atoms with E-state index in [1.165, 1.54) is 0 Å². The molecule has 1 fully saturated rings. The maximum absolute atomic E-state index is 12.4. The van der Waals surface area contributed by atoms with E-state index in [-0.39, 0.29) is 25.0 Å². The average Bonchev–Trinajstić information content (AvgIpc) is 2.53. The normalized spacial score (nSPS) is 17.5. The van der Waals surface area contributed by atoms with Gasteiger partial charge in [-0.25, -0.2) is 0 Å². The number of amides is 1. The Morgan fingerprint density at radius 1 is 1.23 bits per heavy atom. The smallest absolute Gasteiger partial charge is 0.227 e. The maximum atomic E-state index is 12.4. The lowest BCUT2D eigenvalue weighted by atomic mass is 10.1. The van der Waals surface area contributed by atoms with Crippen molar-refractivity contribution in [1.29, 1.82) is 0 Å². The molecule has 1 unspecified atom stereocenters. The number of piperazine rings is 1.